The maximum atomic E-state index is 11.6. The van der Waals surface area contributed by atoms with E-state index in [0.717, 1.165) is 5.56 Å². The topological polar surface area (TPSA) is 74.5 Å². The van der Waals surface area contributed by atoms with Crippen LogP contribution in [-0.4, -0.2) is 17.4 Å². The van der Waals surface area contributed by atoms with Gasteiger partial charge in [0.25, 0.3) is 0 Å². The normalized spacial score (nSPS) is 13.8. The zero-order chi connectivity index (χ0) is 13.1. The number of fused-ring (bicyclic) bond motifs is 1. The Bertz CT molecular complexity index is 580. The number of hydrogen-bond acceptors (Lipinski definition) is 5. The van der Waals surface area contributed by atoms with E-state index in [-0.39, 0.29) is 6.61 Å². The molecule has 0 saturated carbocycles. The molecule has 92 valence electrons. The minimum atomic E-state index is -0.441. The second kappa shape index (κ2) is 5.29. The zero-order valence-corrected chi connectivity index (χ0v) is 10.9. The highest BCUT2D eigenvalue weighted by Gasteiger charge is 2.26. The molecule has 0 amide bonds. The van der Waals surface area contributed by atoms with Crippen molar-refractivity contribution >= 4 is 40.2 Å². The van der Waals surface area contributed by atoms with Gasteiger partial charge in [0.15, 0.2) is 11.4 Å². The van der Waals surface area contributed by atoms with Crippen LogP contribution in [0.1, 0.15) is 15.9 Å². The lowest BCUT2D eigenvalue weighted by molar-refractivity contribution is 0.0535. The van der Waals surface area contributed by atoms with Crippen LogP contribution >= 0.6 is 23.4 Å². The van der Waals surface area contributed by atoms with E-state index < -0.39 is 5.97 Å². The molecule has 1 heterocycles. The summed E-state index contributed by atoms with van der Waals surface area (Å²) in [5.74, 6) is -0.441. The standard InChI is InChI=1S/C11H8ClN3O2S/c1-18-11(14-5-13)15-9-7(12)3-2-6-4-17-10(16)8(6)9/h2-3H,4H2,1H3,(H,14,15). The lowest BCUT2D eigenvalue weighted by Crippen LogP contribution is -2.12. The summed E-state index contributed by atoms with van der Waals surface area (Å²) in [6.07, 6.45) is 3.54. The first-order chi connectivity index (χ1) is 8.67. The molecule has 0 unspecified atom stereocenters. The number of ether oxygens (including phenoxy) is 1. The molecule has 1 aromatic carbocycles. The number of hydrogen-bond donors (Lipinski definition) is 1. The van der Waals surface area contributed by atoms with Crippen LogP contribution in [0, 0.1) is 11.5 Å². The zero-order valence-electron chi connectivity index (χ0n) is 9.36. The summed E-state index contributed by atoms with van der Waals surface area (Å²) in [7, 11) is 0. The van der Waals surface area contributed by atoms with Crippen LogP contribution in [0.2, 0.25) is 5.02 Å². The lowest BCUT2D eigenvalue weighted by atomic mass is 10.1. The molecule has 0 saturated heterocycles. The second-order valence-corrected chi connectivity index (χ2v) is 4.57. The fourth-order valence-electron chi connectivity index (χ4n) is 1.55. The van der Waals surface area contributed by atoms with E-state index in [1.54, 1.807) is 24.6 Å². The molecule has 5 nitrogen and oxygen atoms in total. The van der Waals surface area contributed by atoms with E-state index in [1.165, 1.54) is 11.8 Å². The summed E-state index contributed by atoms with van der Waals surface area (Å²) >= 11 is 7.29. The molecule has 0 atom stereocenters. The van der Waals surface area contributed by atoms with Crippen LogP contribution in [-0.2, 0) is 11.3 Å². The first-order valence-corrected chi connectivity index (χ1v) is 6.54. The number of nitrogens with one attached hydrogen (secondary N) is 1. The number of carbonyl (C=O) groups excluding carboxylic acids is 1. The Morgan fingerprint density at radius 3 is 3.11 bits per heavy atom. The van der Waals surface area contributed by atoms with Gasteiger partial charge in [-0.1, -0.05) is 29.4 Å². The highest BCUT2D eigenvalue weighted by Crippen LogP contribution is 2.36. The van der Waals surface area contributed by atoms with Crippen molar-refractivity contribution in [2.24, 2.45) is 4.99 Å². The molecule has 1 aromatic rings. The fraction of sp³-hybridized carbons (Fsp3) is 0.182. The van der Waals surface area contributed by atoms with E-state index in [4.69, 9.17) is 21.6 Å². The summed E-state index contributed by atoms with van der Waals surface area (Å²) in [4.78, 5) is 15.8. The monoisotopic (exact) mass is 281 g/mol. The molecule has 1 aliphatic rings. The van der Waals surface area contributed by atoms with E-state index in [1.807, 2.05) is 0 Å². The minimum absolute atomic E-state index is 0.230. The van der Waals surface area contributed by atoms with Gasteiger partial charge in [-0.15, -0.1) is 0 Å². The SMILES string of the molecule is CSC(=Nc1c(Cl)ccc2c1C(=O)OC2)NC#N. The number of benzene rings is 1. The van der Waals surface area contributed by atoms with Crippen LogP contribution in [0.25, 0.3) is 0 Å². The molecule has 0 bridgehead atoms. The number of amidine groups is 1. The van der Waals surface area contributed by atoms with Gasteiger partial charge in [0.05, 0.1) is 16.3 Å². The van der Waals surface area contributed by atoms with Crippen LogP contribution in [0.4, 0.5) is 5.69 Å². The minimum Gasteiger partial charge on any atom is -0.457 e. The van der Waals surface area contributed by atoms with Crippen molar-refractivity contribution in [2.75, 3.05) is 6.26 Å². The molecule has 1 N–H and O–H groups in total. The number of nitrogens with zero attached hydrogens (tertiary/aromatic N) is 2. The van der Waals surface area contributed by atoms with Crippen molar-refractivity contribution in [3.8, 4) is 6.19 Å². The molecular formula is C11H8ClN3O2S. The molecule has 0 aromatic heterocycles. The summed E-state index contributed by atoms with van der Waals surface area (Å²) in [6.45, 7) is 0.230. The van der Waals surface area contributed by atoms with Crippen LogP contribution < -0.4 is 5.32 Å². The van der Waals surface area contributed by atoms with Gasteiger partial charge in [0, 0.05) is 5.56 Å². The molecule has 0 fully saturated rings. The van der Waals surface area contributed by atoms with Gasteiger partial charge in [0.2, 0.25) is 0 Å². The molecule has 1 aliphatic heterocycles. The van der Waals surface area contributed by atoms with Gasteiger partial charge in [0.1, 0.15) is 6.61 Å². The third kappa shape index (κ3) is 2.28. The first-order valence-electron chi connectivity index (χ1n) is 4.93. The third-order valence-electron chi connectivity index (χ3n) is 2.35. The highest BCUT2D eigenvalue weighted by molar-refractivity contribution is 8.13. The number of carbonyl (C=O) groups is 1. The Balaban J connectivity index is 2.55. The van der Waals surface area contributed by atoms with Gasteiger partial charge < -0.3 is 4.74 Å². The Kier molecular flexibility index (Phi) is 3.75. The Labute approximate surface area is 113 Å². The molecule has 0 radical (unpaired) electrons. The molecule has 7 heteroatoms. The first kappa shape index (κ1) is 12.7. The van der Waals surface area contributed by atoms with Gasteiger partial charge in [-0.2, -0.15) is 5.26 Å². The van der Waals surface area contributed by atoms with E-state index >= 15 is 0 Å². The number of nitriles is 1. The smallest absolute Gasteiger partial charge is 0.341 e. The maximum absolute atomic E-state index is 11.6. The number of aliphatic imine (C=N–C) groups is 1. The second-order valence-electron chi connectivity index (χ2n) is 3.36. The van der Waals surface area contributed by atoms with Gasteiger partial charge >= 0.3 is 5.97 Å². The Hall–Kier alpha value is -1.71. The summed E-state index contributed by atoms with van der Waals surface area (Å²) in [6, 6.07) is 3.39. The molecule has 0 spiro atoms. The van der Waals surface area contributed by atoms with Crippen LogP contribution in [0.15, 0.2) is 17.1 Å². The van der Waals surface area contributed by atoms with Crippen molar-refractivity contribution in [3.63, 3.8) is 0 Å². The predicted octanol–water partition coefficient (Wildman–Crippen LogP) is 2.43. The number of halogens is 1. The molecule has 2 rings (SSSR count). The molecular weight excluding hydrogens is 274 g/mol. The maximum Gasteiger partial charge on any atom is 0.341 e. The van der Waals surface area contributed by atoms with Crippen LogP contribution in [0.5, 0.6) is 0 Å². The van der Waals surface area contributed by atoms with Gasteiger partial charge in [-0.25, -0.2) is 9.79 Å². The van der Waals surface area contributed by atoms with E-state index in [9.17, 15) is 4.79 Å². The fourth-order valence-corrected chi connectivity index (χ4v) is 2.08. The highest BCUT2D eigenvalue weighted by atomic mass is 35.5. The van der Waals surface area contributed by atoms with Crippen LogP contribution in [0.3, 0.4) is 0 Å². The Morgan fingerprint density at radius 1 is 1.67 bits per heavy atom. The summed E-state index contributed by atoms with van der Waals surface area (Å²) in [5.41, 5.74) is 1.46. The number of thioether (sulfide) groups is 1. The number of cyclic esters (lactones) is 1. The van der Waals surface area contributed by atoms with Gasteiger partial charge in [-0.3, -0.25) is 5.32 Å². The number of esters is 1. The van der Waals surface area contributed by atoms with Crippen molar-refractivity contribution in [1.82, 2.24) is 5.32 Å². The Morgan fingerprint density at radius 2 is 2.44 bits per heavy atom. The van der Waals surface area contributed by atoms with Crippen molar-refractivity contribution in [2.45, 2.75) is 6.61 Å². The lowest BCUT2D eigenvalue weighted by Gasteiger charge is -2.05. The van der Waals surface area contributed by atoms with Crippen molar-refractivity contribution in [3.05, 3.63) is 28.3 Å². The van der Waals surface area contributed by atoms with Crippen molar-refractivity contribution < 1.29 is 9.53 Å². The van der Waals surface area contributed by atoms with E-state index in [0.29, 0.717) is 21.4 Å². The average molecular weight is 282 g/mol. The quantitative estimate of drug-likeness (QED) is 0.281. The molecule has 18 heavy (non-hydrogen) atoms. The van der Waals surface area contributed by atoms with E-state index in [2.05, 4.69) is 10.3 Å². The third-order valence-corrected chi connectivity index (χ3v) is 3.23. The van der Waals surface area contributed by atoms with Crippen molar-refractivity contribution in [1.29, 1.82) is 5.26 Å². The summed E-state index contributed by atoms with van der Waals surface area (Å²) in [5, 5.41) is 11.7. The average Bonchev–Trinajstić information content (AvgIpc) is 2.74. The summed E-state index contributed by atoms with van der Waals surface area (Å²) < 4.78 is 4.94. The predicted molar refractivity (Wildman–Crippen MR) is 69.9 cm³/mol. The number of rotatable bonds is 1. The molecule has 0 aliphatic carbocycles. The van der Waals surface area contributed by atoms with Gasteiger partial charge in [-0.05, 0) is 12.3 Å². The largest absolute Gasteiger partial charge is 0.457 e.